The number of hydrogen-bond donors (Lipinski definition) is 1. The lowest BCUT2D eigenvalue weighted by molar-refractivity contribution is -0.150. The zero-order chi connectivity index (χ0) is 13.7. The van der Waals surface area contributed by atoms with E-state index in [0.717, 1.165) is 32.0 Å². The second-order valence-corrected chi connectivity index (χ2v) is 4.09. The largest absolute Gasteiger partial charge is 0.462 e. The topological polar surface area (TPSA) is 67.9 Å². The van der Waals surface area contributed by atoms with Gasteiger partial charge in [-0.1, -0.05) is 0 Å². The summed E-state index contributed by atoms with van der Waals surface area (Å²) >= 11 is 0. The molecule has 0 aliphatic carbocycles. The van der Waals surface area contributed by atoms with E-state index in [1.54, 1.807) is 12.1 Å². The Balaban J connectivity index is 1.98. The van der Waals surface area contributed by atoms with Gasteiger partial charge in [-0.3, -0.25) is 4.79 Å². The number of methoxy groups -OCH3 is 1. The first-order chi connectivity index (χ1) is 9.20. The molecule has 19 heavy (non-hydrogen) atoms. The number of esters is 1. The van der Waals surface area contributed by atoms with Gasteiger partial charge in [0.25, 0.3) is 0 Å². The Morgan fingerprint density at radius 2 is 1.84 bits per heavy atom. The SMILES string of the molecule is COC(=O)C(=O)Nc1ccc(N2CCOCC2)cc1. The average Bonchev–Trinajstić information content (AvgIpc) is 2.48. The van der Waals surface area contributed by atoms with E-state index in [1.807, 2.05) is 12.1 Å². The lowest BCUT2D eigenvalue weighted by Crippen LogP contribution is -2.36. The third-order valence-corrected chi connectivity index (χ3v) is 2.87. The molecule has 0 radical (unpaired) electrons. The molecule has 0 bridgehead atoms. The van der Waals surface area contributed by atoms with Crippen LogP contribution in [0.15, 0.2) is 24.3 Å². The van der Waals surface area contributed by atoms with Gasteiger partial charge in [-0.15, -0.1) is 0 Å². The Kier molecular flexibility index (Phi) is 4.35. The molecule has 1 fully saturated rings. The van der Waals surface area contributed by atoms with Crippen LogP contribution in [-0.4, -0.2) is 45.3 Å². The van der Waals surface area contributed by atoms with Crippen molar-refractivity contribution in [1.29, 1.82) is 0 Å². The molecular weight excluding hydrogens is 248 g/mol. The van der Waals surface area contributed by atoms with Crippen molar-refractivity contribution in [2.45, 2.75) is 0 Å². The number of nitrogens with one attached hydrogen (secondary N) is 1. The van der Waals surface area contributed by atoms with Crippen molar-refractivity contribution in [2.75, 3.05) is 43.6 Å². The molecule has 1 aromatic carbocycles. The van der Waals surface area contributed by atoms with Crippen LogP contribution < -0.4 is 10.2 Å². The number of nitrogens with zero attached hydrogens (tertiary/aromatic N) is 1. The predicted octanol–water partition coefficient (Wildman–Crippen LogP) is 0.635. The van der Waals surface area contributed by atoms with E-state index in [4.69, 9.17) is 4.74 Å². The summed E-state index contributed by atoms with van der Waals surface area (Å²) in [6.07, 6.45) is 0. The molecule has 1 N–H and O–H groups in total. The summed E-state index contributed by atoms with van der Waals surface area (Å²) in [5, 5.41) is 2.47. The maximum Gasteiger partial charge on any atom is 0.396 e. The Morgan fingerprint density at radius 1 is 1.21 bits per heavy atom. The van der Waals surface area contributed by atoms with Crippen LogP contribution in [0.25, 0.3) is 0 Å². The molecular formula is C13H16N2O4. The Hall–Kier alpha value is -2.08. The second kappa shape index (κ2) is 6.19. The molecule has 2 rings (SSSR count). The normalized spacial score (nSPS) is 14.9. The second-order valence-electron chi connectivity index (χ2n) is 4.09. The molecule has 1 aliphatic rings. The molecule has 1 saturated heterocycles. The molecule has 6 heteroatoms. The number of rotatable bonds is 2. The lowest BCUT2D eigenvalue weighted by Gasteiger charge is -2.28. The van der Waals surface area contributed by atoms with Crippen molar-refractivity contribution in [3.63, 3.8) is 0 Å². The number of anilines is 2. The summed E-state index contributed by atoms with van der Waals surface area (Å²) in [5.74, 6) is -1.68. The van der Waals surface area contributed by atoms with Crippen LogP contribution in [0.4, 0.5) is 11.4 Å². The van der Waals surface area contributed by atoms with Crippen molar-refractivity contribution in [2.24, 2.45) is 0 Å². The minimum absolute atomic E-state index is 0.562. The fourth-order valence-electron chi connectivity index (χ4n) is 1.85. The van der Waals surface area contributed by atoms with Gasteiger partial charge in [-0.2, -0.15) is 0 Å². The summed E-state index contributed by atoms with van der Waals surface area (Å²) in [5.41, 5.74) is 1.63. The van der Waals surface area contributed by atoms with Crippen LogP contribution in [-0.2, 0) is 19.1 Å². The van der Waals surface area contributed by atoms with Gasteiger partial charge >= 0.3 is 11.9 Å². The maximum atomic E-state index is 11.3. The highest BCUT2D eigenvalue weighted by Crippen LogP contribution is 2.18. The van der Waals surface area contributed by atoms with Crippen LogP contribution in [0.3, 0.4) is 0 Å². The molecule has 6 nitrogen and oxygen atoms in total. The predicted molar refractivity (Wildman–Crippen MR) is 70.1 cm³/mol. The van der Waals surface area contributed by atoms with Crippen LogP contribution in [0.1, 0.15) is 0 Å². The Labute approximate surface area is 111 Å². The number of morpholine rings is 1. The first-order valence-electron chi connectivity index (χ1n) is 6.03. The number of benzene rings is 1. The van der Waals surface area contributed by atoms with E-state index in [2.05, 4.69) is 15.0 Å². The van der Waals surface area contributed by atoms with Gasteiger partial charge in [0.1, 0.15) is 0 Å². The van der Waals surface area contributed by atoms with Crippen LogP contribution in [0, 0.1) is 0 Å². The van der Waals surface area contributed by atoms with Gasteiger partial charge in [0.05, 0.1) is 20.3 Å². The van der Waals surface area contributed by atoms with Crippen LogP contribution >= 0.6 is 0 Å². The van der Waals surface area contributed by atoms with E-state index >= 15 is 0 Å². The van der Waals surface area contributed by atoms with Gasteiger partial charge in [-0.05, 0) is 24.3 Å². The molecule has 1 heterocycles. The van der Waals surface area contributed by atoms with E-state index in [9.17, 15) is 9.59 Å². The fourth-order valence-corrected chi connectivity index (χ4v) is 1.85. The zero-order valence-electron chi connectivity index (χ0n) is 10.7. The highest BCUT2D eigenvalue weighted by atomic mass is 16.5. The van der Waals surface area contributed by atoms with Crippen molar-refractivity contribution in [3.8, 4) is 0 Å². The van der Waals surface area contributed by atoms with Crippen molar-refractivity contribution >= 4 is 23.3 Å². The van der Waals surface area contributed by atoms with Crippen molar-refractivity contribution in [1.82, 2.24) is 0 Å². The molecule has 0 atom stereocenters. The number of carbonyl (C=O) groups excluding carboxylic acids is 2. The third-order valence-electron chi connectivity index (χ3n) is 2.87. The Bertz CT molecular complexity index is 452. The van der Waals surface area contributed by atoms with Crippen LogP contribution in [0.2, 0.25) is 0 Å². The summed E-state index contributed by atoms with van der Waals surface area (Å²) in [6.45, 7) is 3.16. The fraction of sp³-hybridized carbons (Fsp3) is 0.385. The molecule has 1 aliphatic heterocycles. The number of amides is 1. The first-order valence-corrected chi connectivity index (χ1v) is 6.03. The molecule has 102 valence electrons. The van der Waals surface area contributed by atoms with Gasteiger partial charge in [-0.25, -0.2) is 4.79 Å². The van der Waals surface area contributed by atoms with Crippen LogP contribution in [0.5, 0.6) is 0 Å². The summed E-state index contributed by atoms with van der Waals surface area (Å²) in [6, 6.07) is 7.31. The zero-order valence-corrected chi connectivity index (χ0v) is 10.7. The highest BCUT2D eigenvalue weighted by molar-refractivity contribution is 6.37. The highest BCUT2D eigenvalue weighted by Gasteiger charge is 2.14. The lowest BCUT2D eigenvalue weighted by atomic mass is 10.2. The number of ether oxygens (including phenoxy) is 2. The molecule has 1 aromatic rings. The summed E-state index contributed by atoms with van der Waals surface area (Å²) in [7, 11) is 1.17. The van der Waals surface area contributed by atoms with Gasteiger partial charge in [0, 0.05) is 24.5 Å². The minimum atomic E-state index is -0.905. The molecule has 0 unspecified atom stereocenters. The number of carbonyl (C=O) groups is 2. The number of hydrogen-bond acceptors (Lipinski definition) is 5. The smallest absolute Gasteiger partial charge is 0.396 e. The molecule has 0 saturated carbocycles. The third kappa shape index (κ3) is 3.45. The maximum absolute atomic E-state index is 11.3. The quantitative estimate of drug-likeness (QED) is 0.627. The van der Waals surface area contributed by atoms with Crippen molar-refractivity contribution in [3.05, 3.63) is 24.3 Å². The monoisotopic (exact) mass is 264 g/mol. The molecule has 0 aromatic heterocycles. The van der Waals surface area contributed by atoms with E-state index in [0.29, 0.717) is 5.69 Å². The van der Waals surface area contributed by atoms with Gasteiger partial charge < -0.3 is 19.7 Å². The van der Waals surface area contributed by atoms with Gasteiger partial charge in [0.2, 0.25) is 0 Å². The molecule has 0 spiro atoms. The van der Waals surface area contributed by atoms with E-state index in [1.165, 1.54) is 7.11 Å². The van der Waals surface area contributed by atoms with Gasteiger partial charge in [0.15, 0.2) is 0 Å². The van der Waals surface area contributed by atoms with Crippen molar-refractivity contribution < 1.29 is 19.1 Å². The van der Waals surface area contributed by atoms with E-state index < -0.39 is 11.9 Å². The summed E-state index contributed by atoms with van der Waals surface area (Å²) < 4.78 is 9.62. The molecule has 1 amide bonds. The summed E-state index contributed by atoms with van der Waals surface area (Å²) in [4.78, 5) is 24.5. The Morgan fingerprint density at radius 3 is 2.42 bits per heavy atom. The minimum Gasteiger partial charge on any atom is -0.462 e. The first kappa shape index (κ1) is 13.4. The van der Waals surface area contributed by atoms with E-state index in [-0.39, 0.29) is 0 Å². The average molecular weight is 264 g/mol. The standard InChI is InChI=1S/C13H16N2O4/c1-18-13(17)12(16)14-10-2-4-11(5-3-10)15-6-8-19-9-7-15/h2-5H,6-9H2,1H3,(H,14,16).